The van der Waals surface area contributed by atoms with Crippen molar-refractivity contribution in [3.63, 3.8) is 0 Å². The van der Waals surface area contributed by atoms with Crippen molar-refractivity contribution < 1.29 is 0 Å². The van der Waals surface area contributed by atoms with E-state index < -0.39 is 0 Å². The largest absolute Gasteiger partial charge is 0.193 e. The number of nitriles is 1. The highest BCUT2D eigenvalue weighted by atomic mass is 14.2. The van der Waals surface area contributed by atoms with Crippen molar-refractivity contribution in [3.8, 4) is 6.07 Å². The first kappa shape index (κ1) is 8.97. The zero-order valence-electron chi connectivity index (χ0n) is 6.38. The van der Waals surface area contributed by atoms with Gasteiger partial charge in [-0.25, -0.2) is 0 Å². The standard InChI is InChI=1S/C9H13N/c1-2-3-4-5-6-7-8-9-10/h2-3,7-8H,4-6H2,1H3/b3-2?,8-7-. The maximum absolute atomic E-state index is 8.12. The molecule has 0 fully saturated rings. The molecule has 0 aromatic carbocycles. The molecule has 0 aliphatic rings. The molecule has 54 valence electrons. The molecule has 0 atom stereocenters. The second kappa shape index (κ2) is 7.97. The Bertz CT molecular complexity index is 149. The summed E-state index contributed by atoms with van der Waals surface area (Å²) in [5.41, 5.74) is 0. The van der Waals surface area contributed by atoms with Gasteiger partial charge in [0, 0.05) is 6.08 Å². The van der Waals surface area contributed by atoms with E-state index >= 15 is 0 Å². The van der Waals surface area contributed by atoms with Crippen LogP contribution in [-0.2, 0) is 0 Å². The predicted molar refractivity (Wildman–Crippen MR) is 43.4 cm³/mol. The average Bonchev–Trinajstić information content (AvgIpc) is 1.97. The minimum atomic E-state index is 1.01. The molecule has 10 heavy (non-hydrogen) atoms. The fourth-order valence-corrected chi connectivity index (χ4v) is 0.656. The Morgan fingerprint density at radius 2 is 2.00 bits per heavy atom. The van der Waals surface area contributed by atoms with Crippen molar-refractivity contribution in [2.45, 2.75) is 26.2 Å². The molecule has 0 aromatic heterocycles. The van der Waals surface area contributed by atoms with Crippen LogP contribution in [-0.4, -0.2) is 0 Å². The number of hydrogen-bond donors (Lipinski definition) is 0. The van der Waals surface area contributed by atoms with Crippen LogP contribution in [0.3, 0.4) is 0 Å². The van der Waals surface area contributed by atoms with Crippen LogP contribution in [0.25, 0.3) is 0 Å². The summed E-state index contributed by atoms with van der Waals surface area (Å²) >= 11 is 0. The Morgan fingerprint density at radius 1 is 1.30 bits per heavy atom. The first-order valence-corrected chi connectivity index (χ1v) is 3.57. The second-order valence-electron chi connectivity index (χ2n) is 2.03. The van der Waals surface area contributed by atoms with Crippen molar-refractivity contribution in [2.24, 2.45) is 0 Å². The summed E-state index contributed by atoms with van der Waals surface area (Å²) in [5, 5.41) is 8.12. The summed E-state index contributed by atoms with van der Waals surface area (Å²) in [6.07, 6.45) is 10.9. The molecule has 0 saturated carbocycles. The van der Waals surface area contributed by atoms with Gasteiger partial charge >= 0.3 is 0 Å². The van der Waals surface area contributed by atoms with Gasteiger partial charge < -0.3 is 0 Å². The summed E-state index contributed by atoms with van der Waals surface area (Å²) in [6.45, 7) is 2.02. The van der Waals surface area contributed by atoms with E-state index in [4.69, 9.17) is 5.26 Å². The smallest absolute Gasteiger partial charge is 0.0908 e. The van der Waals surface area contributed by atoms with E-state index in [0.717, 1.165) is 19.3 Å². The Balaban J connectivity index is 3.07. The molecule has 0 aliphatic heterocycles. The van der Waals surface area contributed by atoms with Crippen LogP contribution in [0, 0.1) is 11.3 Å². The molecule has 0 rings (SSSR count). The Morgan fingerprint density at radius 3 is 2.60 bits per heavy atom. The summed E-state index contributed by atoms with van der Waals surface area (Å²) in [6, 6.07) is 1.96. The molecule has 0 aliphatic carbocycles. The molecule has 0 radical (unpaired) electrons. The van der Waals surface area contributed by atoms with Crippen LogP contribution in [0.5, 0.6) is 0 Å². The van der Waals surface area contributed by atoms with E-state index in [2.05, 4.69) is 6.08 Å². The molecule has 1 nitrogen and oxygen atoms in total. The first-order chi connectivity index (χ1) is 4.91. The maximum Gasteiger partial charge on any atom is 0.0908 e. The van der Waals surface area contributed by atoms with Crippen molar-refractivity contribution in [2.75, 3.05) is 0 Å². The van der Waals surface area contributed by atoms with Crippen LogP contribution in [0.4, 0.5) is 0 Å². The third kappa shape index (κ3) is 6.97. The lowest BCUT2D eigenvalue weighted by molar-refractivity contribution is 0.867. The monoisotopic (exact) mass is 135 g/mol. The van der Waals surface area contributed by atoms with Gasteiger partial charge in [-0.3, -0.25) is 0 Å². The maximum atomic E-state index is 8.12. The topological polar surface area (TPSA) is 23.8 Å². The van der Waals surface area contributed by atoms with Crippen LogP contribution in [0.2, 0.25) is 0 Å². The van der Waals surface area contributed by atoms with Crippen molar-refractivity contribution in [1.29, 1.82) is 5.26 Å². The van der Waals surface area contributed by atoms with Crippen LogP contribution in [0.15, 0.2) is 24.3 Å². The van der Waals surface area contributed by atoms with E-state index in [1.54, 1.807) is 0 Å². The van der Waals surface area contributed by atoms with Crippen LogP contribution in [0.1, 0.15) is 26.2 Å². The molecule has 0 bridgehead atoms. The van der Waals surface area contributed by atoms with Gasteiger partial charge in [0.2, 0.25) is 0 Å². The average molecular weight is 135 g/mol. The molecule has 0 aromatic rings. The summed E-state index contributed by atoms with van der Waals surface area (Å²) in [4.78, 5) is 0. The van der Waals surface area contributed by atoms with E-state index in [-0.39, 0.29) is 0 Å². The third-order valence-electron chi connectivity index (χ3n) is 1.17. The van der Waals surface area contributed by atoms with E-state index in [1.807, 2.05) is 25.1 Å². The molecule has 0 N–H and O–H groups in total. The minimum absolute atomic E-state index is 1.01. The van der Waals surface area contributed by atoms with Gasteiger partial charge in [0.25, 0.3) is 0 Å². The molecule has 1 heteroatoms. The molecule has 0 saturated heterocycles. The molecule has 0 amide bonds. The quantitative estimate of drug-likeness (QED) is 0.330. The lowest BCUT2D eigenvalue weighted by atomic mass is 10.2. The van der Waals surface area contributed by atoms with Crippen LogP contribution < -0.4 is 0 Å². The number of rotatable bonds is 4. The normalized spacial score (nSPS) is 10.8. The summed E-state index contributed by atoms with van der Waals surface area (Å²) < 4.78 is 0. The lowest BCUT2D eigenvalue weighted by Crippen LogP contribution is -1.67. The van der Waals surface area contributed by atoms with E-state index in [0.29, 0.717) is 0 Å². The molecule has 0 heterocycles. The van der Waals surface area contributed by atoms with E-state index in [1.165, 1.54) is 6.08 Å². The SMILES string of the molecule is CC=CCCC/C=C\C#N. The zero-order valence-corrected chi connectivity index (χ0v) is 6.38. The van der Waals surface area contributed by atoms with Crippen molar-refractivity contribution >= 4 is 0 Å². The predicted octanol–water partition coefficient (Wildman–Crippen LogP) is 2.81. The van der Waals surface area contributed by atoms with Gasteiger partial charge in [-0.1, -0.05) is 18.2 Å². The fraction of sp³-hybridized carbons (Fsp3) is 0.444. The minimum Gasteiger partial charge on any atom is -0.193 e. The van der Waals surface area contributed by atoms with Crippen molar-refractivity contribution in [1.82, 2.24) is 0 Å². The number of allylic oxidation sites excluding steroid dienone is 4. The Hall–Kier alpha value is -1.03. The third-order valence-corrected chi connectivity index (χ3v) is 1.17. The van der Waals surface area contributed by atoms with Gasteiger partial charge in [-0.2, -0.15) is 5.26 Å². The number of unbranched alkanes of at least 4 members (excludes halogenated alkanes) is 2. The molecular weight excluding hydrogens is 122 g/mol. The first-order valence-electron chi connectivity index (χ1n) is 3.57. The van der Waals surface area contributed by atoms with Gasteiger partial charge in [-0.15, -0.1) is 0 Å². The highest BCUT2D eigenvalue weighted by Crippen LogP contribution is 1.96. The zero-order chi connectivity index (χ0) is 7.66. The van der Waals surface area contributed by atoms with Gasteiger partial charge in [0.15, 0.2) is 0 Å². The lowest BCUT2D eigenvalue weighted by Gasteiger charge is -1.86. The summed E-state index contributed by atoms with van der Waals surface area (Å²) in [7, 11) is 0. The molecular formula is C9H13N. The van der Waals surface area contributed by atoms with Crippen molar-refractivity contribution in [3.05, 3.63) is 24.3 Å². The molecule has 0 spiro atoms. The van der Waals surface area contributed by atoms with Crippen LogP contribution >= 0.6 is 0 Å². The fourth-order valence-electron chi connectivity index (χ4n) is 0.656. The number of nitrogens with zero attached hydrogens (tertiary/aromatic N) is 1. The van der Waals surface area contributed by atoms with Gasteiger partial charge in [-0.05, 0) is 26.2 Å². The second-order valence-corrected chi connectivity index (χ2v) is 2.03. The highest BCUT2D eigenvalue weighted by Gasteiger charge is 1.77. The van der Waals surface area contributed by atoms with Gasteiger partial charge in [0.1, 0.15) is 0 Å². The molecule has 0 unspecified atom stereocenters. The number of hydrogen-bond acceptors (Lipinski definition) is 1. The van der Waals surface area contributed by atoms with Gasteiger partial charge in [0.05, 0.1) is 6.07 Å². The highest BCUT2D eigenvalue weighted by molar-refractivity contribution is 5.01. The Kier molecular flexibility index (Phi) is 7.15. The Labute approximate surface area is 62.7 Å². The van der Waals surface area contributed by atoms with E-state index in [9.17, 15) is 0 Å². The summed E-state index contributed by atoms with van der Waals surface area (Å²) in [5.74, 6) is 0.